The van der Waals surface area contributed by atoms with Crippen LogP contribution in [0.1, 0.15) is 12.5 Å². The number of aromatic nitrogens is 2. The topological polar surface area (TPSA) is 29.0 Å². The highest BCUT2D eigenvalue weighted by molar-refractivity contribution is 9.10. The summed E-state index contributed by atoms with van der Waals surface area (Å²) in [6.45, 7) is 5.06. The van der Waals surface area contributed by atoms with Crippen LogP contribution < -0.4 is 4.90 Å². The van der Waals surface area contributed by atoms with Crippen LogP contribution >= 0.6 is 15.9 Å². The number of anilines is 2. The van der Waals surface area contributed by atoms with E-state index in [2.05, 4.69) is 68.9 Å². The highest BCUT2D eigenvalue weighted by atomic mass is 79.9. The van der Waals surface area contributed by atoms with Gasteiger partial charge in [0.05, 0.1) is 4.47 Å². The van der Waals surface area contributed by atoms with Crippen LogP contribution in [0.3, 0.4) is 0 Å². The third kappa shape index (κ3) is 2.64. The molecule has 2 aromatic rings. The summed E-state index contributed by atoms with van der Waals surface area (Å²) in [7, 11) is 0. The molecule has 0 fully saturated rings. The zero-order chi connectivity index (χ0) is 12.3. The Kier molecular flexibility index (Phi) is 3.74. The van der Waals surface area contributed by atoms with Crippen molar-refractivity contribution >= 4 is 27.4 Å². The molecule has 0 N–H and O–H groups in total. The van der Waals surface area contributed by atoms with Gasteiger partial charge in [-0.2, -0.15) is 0 Å². The molecule has 3 nitrogen and oxygen atoms in total. The normalized spacial score (nSPS) is 10.3. The summed E-state index contributed by atoms with van der Waals surface area (Å²) in [5.41, 5.74) is 2.39. The Hall–Kier alpha value is -1.42. The van der Waals surface area contributed by atoms with E-state index in [0.717, 1.165) is 22.5 Å². The Morgan fingerprint density at radius 1 is 1.35 bits per heavy atom. The zero-order valence-electron chi connectivity index (χ0n) is 9.89. The molecular formula is C13H14BrN3. The van der Waals surface area contributed by atoms with Crippen molar-refractivity contribution in [3.05, 3.63) is 46.8 Å². The molecule has 0 amide bonds. The maximum atomic E-state index is 4.32. The maximum absolute atomic E-state index is 4.32. The molecule has 0 aliphatic carbocycles. The lowest BCUT2D eigenvalue weighted by Gasteiger charge is -2.23. The summed E-state index contributed by atoms with van der Waals surface area (Å²) in [5, 5.41) is 0. The van der Waals surface area contributed by atoms with Crippen LogP contribution in [0.4, 0.5) is 11.5 Å². The van der Waals surface area contributed by atoms with E-state index in [1.54, 1.807) is 12.5 Å². The lowest BCUT2D eigenvalue weighted by Crippen LogP contribution is -2.18. The number of hydrogen-bond donors (Lipinski definition) is 0. The Morgan fingerprint density at radius 3 is 2.82 bits per heavy atom. The lowest BCUT2D eigenvalue weighted by molar-refractivity contribution is 0.968. The first-order valence-corrected chi connectivity index (χ1v) is 6.31. The van der Waals surface area contributed by atoms with Crippen LogP contribution in [0.5, 0.6) is 0 Å². The molecule has 17 heavy (non-hydrogen) atoms. The Bertz CT molecular complexity index is 514. The lowest BCUT2D eigenvalue weighted by atomic mass is 10.2. The third-order valence-corrected chi connectivity index (χ3v) is 3.09. The highest BCUT2D eigenvalue weighted by Gasteiger charge is 2.11. The van der Waals surface area contributed by atoms with Crippen LogP contribution in [0, 0.1) is 6.92 Å². The van der Waals surface area contributed by atoms with Gasteiger partial charge in [-0.1, -0.05) is 12.1 Å². The molecule has 0 radical (unpaired) electrons. The van der Waals surface area contributed by atoms with E-state index >= 15 is 0 Å². The van der Waals surface area contributed by atoms with E-state index in [-0.39, 0.29) is 0 Å². The second-order valence-electron chi connectivity index (χ2n) is 3.78. The number of hydrogen-bond acceptors (Lipinski definition) is 3. The summed E-state index contributed by atoms with van der Waals surface area (Å²) in [5.74, 6) is 0.896. The minimum Gasteiger partial charge on any atom is -0.326 e. The minimum atomic E-state index is 0.860. The quantitative estimate of drug-likeness (QED) is 0.863. The van der Waals surface area contributed by atoms with Crippen molar-refractivity contribution < 1.29 is 0 Å². The Labute approximate surface area is 110 Å². The second-order valence-corrected chi connectivity index (χ2v) is 4.63. The molecule has 0 bridgehead atoms. The van der Waals surface area contributed by atoms with E-state index in [9.17, 15) is 0 Å². The van der Waals surface area contributed by atoms with Crippen molar-refractivity contribution in [2.24, 2.45) is 0 Å². The zero-order valence-corrected chi connectivity index (χ0v) is 11.5. The first-order chi connectivity index (χ1) is 8.22. The number of rotatable bonds is 3. The maximum Gasteiger partial charge on any atom is 0.150 e. The largest absolute Gasteiger partial charge is 0.326 e. The van der Waals surface area contributed by atoms with Gasteiger partial charge in [-0.25, -0.2) is 9.97 Å². The summed E-state index contributed by atoms with van der Waals surface area (Å²) in [4.78, 5) is 10.5. The van der Waals surface area contributed by atoms with Gasteiger partial charge >= 0.3 is 0 Å². The van der Waals surface area contributed by atoms with Gasteiger partial charge in [0.15, 0.2) is 5.82 Å². The van der Waals surface area contributed by atoms with Crippen molar-refractivity contribution in [1.29, 1.82) is 0 Å². The fraction of sp³-hybridized carbons (Fsp3) is 0.231. The number of halogens is 1. The van der Waals surface area contributed by atoms with Crippen LogP contribution in [0.15, 0.2) is 41.3 Å². The van der Waals surface area contributed by atoms with Gasteiger partial charge < -0.3 is 4.90 Å². The van der Waals surface area contributed by atoms with Gasteiger partial charge in [-0.3, -0.25) is 0 Å². The van der Waals surface area contributed by atoms with Gasteiger partial charge in [0.2, 0.25) is 0 Å². The average molecular weight is 292 g/mol. The fourth-order valence-corrected chi connectivity index (χ4v) is 2.19. The molecule has 0 aliphatic rings. The van der Waals surface area contributed by atoms with Gasteiger partial charge in [-0.15, -0.1) is 0 Å². The van der Waals surface area contributed by atoms with E-state index in [0.29, 0.717) is 0 Å². The van der Waals surface area contributed by atoms with E-state index < -0.39 is 0 Å². The van der Waals surface area contributed by atoms with Crippen LogP contribution in [0.2, 0.25) is 0 Å². The molecule has 1 aromatic carbocycles. The molecule has 1 aromatic heterocycles. The van der Waals surface area contributed by atoms with Crippen molar-refractivity contribution in [2.45, 2.75) is 13.8 Å². The van der Waals surface area contributed by atoms with E-state index in [1.165, 1.54) is 5.56 Å². The second kappa shape index (κ2) is 5.27. The average Bonchev–Trinajstić information content (AvgIpc) is 2.33. The molecule has 0 aliphatic heterocycles. The first kappa shape index (κ1) is 12.0. The first-order valence-electron chi connectivity index (χ1n) is 5.52. The molecule has 4 heteroatoms. The monoisotopic (exact) mass is 291 g/mol. The summed E-state index contributed by atoms with van der Waals surface area (Å²) >= 11 is 3.49. The van der Waals surface area contributed by atoms with Crippen molar-refractivity contribution in [1.82, 2.24) is 9.97 Å². The smallest absolute Gasteiger partial charge is 0.150 e. The molecule has 0 spiro atoms. The molecule has 0 saturated carbocycles. The summed E-state index contributed by atoms with van der Waals surface area (Å²) in [6.07, 6.45) is 3.33. The van der Waals surface area contributed by atoms with E-state index in [4.69, 9.17) is 0 Å². The van der Waals surface area contributed by atoms with Crippen molar-refractivity contribution in [3.8, 4) is 0 Å². The van der Waals surface area contributed by atoms with Gasteiger partial charge in [-0.05, 0) is 47.5 Å². The molecule has 0 unspecified atom stereocenters. The van der Waals surface area contributed by atoms with Gasteiger partial charge in [0.25, 0.3) is 0 Å². The number of benzene rings is 1. The van der Waals surface area contributed by atoms with Gasteiger partial charge in [0.1, 0.15) is 6.33 Å². The standard InChI is InChI=1S/C13H14BrN3/c1-3-17(11-6-4-5-10(2)7-11)13-12(14)8-15-9-16-13/h4-9H,3H2,1-2H3. The Morgan fingerprint density at radius 2 is 2.18 bits per heavy atom. The summed E-state index contributed by atoms with van der Waals surface area (Å²) < 4.78 is 0.906. The predicted molar refractivity (Wildman–Crippen MR) is 73.6 cm³/mol. The SMILES string of the molecule is CCN(c1cccc(C)c1)c1ncncc1Br. The van der Waals surface area contributed by atoms with Crippen molar-refractivity contribution in [2.75, 3.05) is 11.4 Å². The Balaban J connectivity index is 2.44. The van der Waals surface area contributed by atoms with Crippen LogP contribution in [-0.2, 0) is 0 Å². The molecule has 88 valence electrons. The fourth-order valence-electron chi connectivity index (χ4n) is 1.76. The number of aryl methyl sites for hydroxylation is 1. The van der Waals surface area contributed by atoms with Crippen molar-refractivity contribution in [3.63, 3.8) is 0 Å². The molecule has 0 atom stereocenters. The molecule has 1 heterocycles. The van der Waals surface area contributed by atoms with Crippen LogP contribution in [-0.4, -0.2) is 16.5 Å². The number of nitrogens with zero attached hydrogens (tertiary/aromatic N) is 3. The van der Waals surface area contributed by atoms with Crippen LogP contribution in [0.25, 0.3) is 0 Å². The third-order valence-electron chi connectivity index (χ3n) is 2.53. The molecule has 0 saturated heterocycles. The highest BCUT2D eigenvalue weighted by Crippen LogP contribution is 2.29. The minimum absolute atomic E-state index is 0.860. The summed E-state index contributed by atoms with van der Waals surface area (Å²) in [6, 6.07) is 8.39. The van der Waals surface area contributed by atoms with E-state index in [1.807, 2.05) is 0 Å². The molecular weight excluding hydrogens is 278 g/mol. The van der Waals surface area contributed by atoms with Gasteiger partial charge in [0, 0.05) is 18.4 Å². The predicted octanol–water partition coefficient (Wildman–Crippen LogP) is 3.71. The molecule has 2 rings (SSSR count).